The largest absolute Gasteiger partial charge is 1.00 e. The number of aryl methyl sites for hydroxylation is 2. The molecule has 0 spiro atoms. The molecule has 1 heterocycles. The quantitative estimate of drug-likeness (QED) is 0.461. The molecule has 0 aromatic carbocycles. The number of imidazole rings is 1. The molecule has 0 unspecified atom stereocenters. The SMILES string of the molecule is CCC[n+]1ccn(C)c1C.[Cl-]. The van der Waals surface area contributed by atoms with Gasteiger partial charge in [-0.3, -0.25) is 0 Å². The third-order valence-electron chi connectivity index (χ3n) is 1.86. The van der Waals surface area contributed by atoms with Crippen molar-refractivity contribution in [2.24, 2.45) is 7.05 Å². The van der Waals surface area contributed by atoms with E-state index in [9.17, 15) is 0 Å². The Morgan fingerprint density at radius 3 is 2.55 bits per heavy atom. The van der Waals surface area contributed by atoms with Crippen LogP contribution in [0.2, 0.25) is 0 Å². The van der Waals surface area contributed by atoms with Crippen LogP contribution in [0.1, 0.15) is 19.2 Å². The normalized spacial score (nSPS) is 9.36. The van der Waals surface area contributed by atoms with Crippen LogP contribution in [0.5, 0.6) is 0 Å². The van der Waals surface area contributed by atoms with Crippen LogP contribution in [0.25, 0.3) is 0 Å². The van der Waals surface area contributed by atoms with E-state index in [1.165, 1.54) is 12.2 Å². The van der Waals surface area contributed by atoms with E-state index in [0.717, 1.165) is 6.54 Å². The smallest absolute Gasteiger partial charge is 0.253 e. The van der Waals surface area contributed by atoms with Gasteiger partial charge in [-0.1, -0.05) is 6.92 Å². The molecular weight excluding hydrogens is 160 g/mol. The minimum absolute atomic E-state index is 0. The third kappa shape index (κ3) is 2.22. The molecule has 0 amide bonds. The molecule has 1 aromatic rings. The van der Waals surface area contributed by atoms with Crippen LogP contribution in [0, 0.1) is 6.92 Å². The number of nitrogens with zero attached hydrogens (tertiary/aromatic N) is 2. The van der Waals surface area contributed by atoms with Crippen molar-refractivity contribution in [3.63, 3.8) is 0 Å². The maximum Gasteiger partial charge on any atom is 0.253 e. The fourth-order valence-corrected chi connectivity index (χ4v) is 1.08. The lowest BCUT2D eigenvalue weighted by molar-refractivity contribution is -0.702. The van der Waals surface area contributed by atoms with Crippen molar-refractivity contribution < 1.29 is 17.0 Å². The highest BCUT2D eigenvalue weighted by Crippen LogP contribution is 1.88. The van der Waals surface area contributed by atoms with E-state index < -0.39 is 0 Å². The number of hydrogen-bond acceptors (Lipinski definition) is 0. The van der Waals surface area contributed by atoms with Crippen LogP contribution < -0.4 is 17.0 Å². The van der Waals surface area contributed by atoms with Crippen molar-refractivity contribution in [2.75, 3.05) is 0 Å². The summed E-state index contributed by atoms with van der Waals surface area (Å²) in [5.41, 5.74) is 0. The van der Waals surface area contributed by atoms with Crippen molar-refractivity contribution in [1.29, 1.82) is 0 Å². The van der Waals surface area contributed by atoms with Crippen molar-refractivity contribution in [2.45, 2.75) is 26.8 Å². The van der Waals surface area contributed by atoms with Crippen molar-refractivity contribution in [3.8, 4) is 0 Å². The van der Waals surface area contributed by atoms with Crippen LogP contribution >= 0.6 is 0 Å². The second kappa shape index (κ2) is 4.39. The molecule has 0 N–H and O–H groups in total. The second-order valence-electron chi connectivity index (χ2n) is 2.65. The number of rotatable bonds is 2. The van der Waals surface area contributed by atoms with Gasteiger partial charge < -0.3 is 12.4 Å². The molecule has 1 aromatic heterocycles. The number of hydrogen-bond donors (Lipinski definition) is 0. The Hall–Kier alpha value is -0.500. The van der Waals surface area contributed by atoms with E-state index in [1.54, 1.807) is 0 Å². The highest BCUT2D eigenvalue weighted by atomic mass is 35.5. The summed E-state index contributed by atoms with van der Waals surface area (Å²) in [6.45, 7) is 5.46. The first-order valence-electron chi connectivity index (χ1n) is 3.77. The fraction of sp³-hybridized carbons (Fsp3) is 0.625. The molecule has 0 saturated heterocycles. The van der Waals surface area contributed by atoms with Crippen LogP contribution in [0.15, 0.2) is 12.4 Å². The van der Waals surface area contributed by atoms with Gasteiger partial charge in [0.1, 0.15) is 12.4 Å². The van der Waals surface area contributed by atoms with Gasteiger partial charge in [-0.25, -0.2) is 9.13 Å². The highest BCUT2D eigenvalue weighted by molar-refractivity contribution is 4.76. The van der Waals surface area contributed by atoms with E-state index in [0.29, 0.717) is 0 Å². The van der Waals surface area contributed by atoms with Gasteiger partial charge in [0.15, 0.2) is 0 Å². The minimum atomic E-state index is 0. The molecule has 0 aliphatic rings. The molecular formula is C8H15ClN2. The lowest BCUT2D eigenvalue weighted by Crippen LogP contribution is -3.00. The van der Waals surface area contributed by atoms with Gasteiger partial charge >= 0.3 is 0 Å². The van der Waals surface area contributed by atoms with E-state index in [1.807, 2.05) is 0 Å². The summed E-state index contributed by atoms with van der Waals surface area (Å²) in [5, 5.41) is 0. The minimum Gasteiger partial charge on any atom is -1.00 e. The fourth-order valence-electron chi connectivity index (χ4n) is 1.08. The first-order valence-corrected chi connectivity index (χ1v) is 3.77. The summed E-state index contributed by atoms with van der Waals surface area (Å²) < 4.78 is 4.40. The second-order valence-corrected chi connectivity index (χ2v) is 2.65. The Kier molecular flexibility index (Phi) is 4.19. The molecule has 64 valence electrons. The molecule has 0 fully saturated rings. The third-order valence-corrected chi connectivity index (χ3v) is 1.86. The Morgan fingerprint density at radius 1 is 1.55 bits per heavy atom. The molecule has 1 rings (SSSR count). The number of aromatic nitrogens is 2. The van der Waals surface area contributed by atoms with Gasteiger partial charge in [-0.15, -0.1) is 0 Å². The molecule has 3 heteroatoms. The van der Waals surface area contributed by atoms with Crippen LogP contribution in [-0.2, 0) is 13.6 Å². The van der Waals surface area contributed by atoms with Gasteiger partial charge in [0.2, 0.25) is 0 Å². The van der Waals surface area contributed by atoms with Gasteiger partial charge in [-0.2, -0.15) is 0 Å². The Morgan fingerprint density at radius 2 is 2.18 bits per heavy atom. The summed E-state index contributed by atoms with van der Waals surface area (Å²) in [4.78, 5) is 0. The average Bonchev–Trinajstić information content (AvgIpc) is 2.20. The zero-order valence-corrected chi connectivity index (χ0v) is 8.10. The zero-order chi connectivity index (χ0) is 7.56. The number of halogens is 1. The molecule has 0 bridgehead atoms. The molecule has 2 nitrogen and oxygen atoms in total. The van der Waals surface area contributed by atoms with E-state index in [4.69, 9.17) is 0 Å². The predicted octanol–water partition coefficient (Wildman–Crippen LogP) is -1.96. The van der Waals surface area contributed by atoms with Crippen molar-refractivity contribution >= 4 is 0 Å². The molecule has 0 saturated carbocycles. The molecule has 0 aliphatic heterocycles. The van der Waals surface area contributed by atoms with E-state index in [2.05, 4.69) is 42.4 Å². The highest BCUT2D eigenvalue weighted by Gasteiger charge is 2.05. The first-order chi connectivity index (χ1) is 4.75. The zero-order valence-electron chi connectivity index (χ0n) is 7.34. The topological polar surface area (TPSA) is 8.81 Å². The van der Waals surface area contributed by atoms with Gasteiger partial charge in [0.25, 0.3) is 5.82 Å². The average molecular weight is 175 g/mol. The summed E-state index contributed by atoms with van der Waals surface area (Å²) in [5.74, 6) is 1.32. The summed E-state index contributed by atoms with van der Waals surface area (Å²) in [6.07, 6.45) is 5.42. The molecule has 11 heavy (non-hydrogen) atoms. The Balaban J connectivity index is 0.000001000. The van der Waals surface area contributed by atoms with Gasteiger partial charge in [0, 0.05) is 6.92 Å². The van der Waals surface area contributed by atoms with Gasteiger partial charge in [-0.05, 0) is 6.42 Å². The molecule has 0 radical (unpaired) electrons. The predicted molar refractivity (Wildman–Crippen MR) is 40.6 cm³/mol. The van der Waals surface area contributed by atoms with Crippen molar-refractivity contribution in [3.05, 3.63) is 18.2 Å². The monoisotopic (exact) mass is 174 g/mol. The standard InChI is InChI=1S/C8H15N2.ClH/c1-4-5-10-7-6-9(3)8(10)2;/h6-7H,4-5H2,1-3H3;1H/q+1;/p-1. The van der Waals surface area contributed by atoms with Gasteiger partial charge in [0.05, 0.1) is 13.6 Å². The van der Waals surface area contributed by atoms with Crippen LogP contribution in [0.4, 0.5) is 0 Å². The Labute approximate surface area is 74.3 Å². The first kappa shape index (κ1) is 10.5. The summed E-state index contributed by atoms with van der Waals surface area (Å²) in [7, 11) is 2.07. The lowest BCUT2D eigenvalue weighted by Gasteiger charge is -1.93. The van der Waals surface area contributed by atoms with Crippen molar-refractivity contribution in [1.82, 2.24) is 4.57 Å². The van der Waals surface area contributed by atoms with Crippen LogP contribution in [0.3, 0.4) is 0 Å². The maximum absolute atomic E-state index is 2.26. The van der Waals surface area contributed by atoms with E-state index >= 15 is 0 Å². The lowest BCUT2D eigenvalue weighted by atomic mass is 10.5. The van der Waals surface area contributed by atoms with Crippen LogP contribution in [-0.4, -0.2) is 4.57 Å². The van der Waals surface area contributed by atoms with E-state index in [-0.39, 0.29) is 12.4 Å². The molecule has 0 aliphatic carbocycles. The summed E-state index contributed by atoms with van der Waals surface area (Å²) in [6, 6.07) is 0. The molecule has 0 atom stereocenters. The Bertz CT molecular complexity index is 218. The summed E-state index contributed by atoms with van der Waals surface area (Å²) >= 11 is 0. The maximum atomic E-state index is 2.26.